The van der Waals surface area contributed by atoms with Crippen molar-refractivity contribution in [3.05, 3.63) is 48.2 Å². The Morgan fingerprint density at radius 2 is 1.76 bits per heavy atom. The minimum atomic E-state index is 0.482. The Morgan fingerprint density at radius 1 is 1.06 bits per heavy atom. The average Bonchev–Trinajstić information content (AvgIpc) is 2.40. The van der Waals surface area contributed by atoms with Crippen LogP contribution in [0.25, 0.3) is 0 Å². The molecule has 2 rings (SSSR count). The highest BCUT2D eigenvalue weighted by Crippen LogP contribution is 2.22. The van der Waals surface area contributed by atoms with Gasteiger partial charge in [-0.15, -0.1) is 0 Å². The summed E-state index contributed by atoms with van der Waals surface area (Å²) in [5, 5.41) is 0. The monoisotopic (exact) mass is 230 g/mol. The van der Waals surface area contributed by atoms with Crippen molar-refractivity contribution in [2.45, 2.75) is 6.54 Å². The molecule has 0 aliphatic rings. The van der Waals surface area contributed by atoms with Crippen molar-refractivity contribution < 1.29 is 9.47 Å². The summed E-state index contributed by atoms with van der Waals surface area (Å²) in [6.45, 7) is 0.482. The van der Waals surface area contributed by atoms with Crippen LogP contribution in [0, 0.1) is 0 Å². The van der Waals surface area contributed by atoms with E-state index in [2.05, 4.69) is 4.98 Å². The largest absolute Gasteiger partial charge is 0.497 e. The van der Waals surface area contributed by atoms with E-state index >= 15 is 0 Å². The molecule has 0 bridgehead atoms. The van der Waals surface area contributed by atoms with Gasteiger partial charge >= 0.3 is 0 Å². The molecule has 0 spiro atoms. The smallest absolute Gasteiger partial charge is 0.219 e. The molecule has 0 radical (unpaired) electrons. The van der Waals surface area contributed by atoms with Gasteiger partial charge in [0.25, 0.3) is 0 Å². The number of nitrogens with two attached hydrogens (primary N) is 1. The molecule has 4 heteroatoms. The average molecular weight is 230 g/mol. The van der Waals surface area contributed by atoms with Crippen molar-refractivity contribution in [2.24, 2.45) is 5.73 Å². The van der Waals surface area contributed by atoms with Crippen molar-refractivity contribution in [3.63, 3.8) is 0 Å². The standard InChI is InChI=1S/C13H14N2O2/c1-16-11-3-5-12(6-4-11)17-13-7-2-10(8-14)9-15-13/h2-7,9H,8,14H2,1H3. The van der Waals surface area contributed by atoms with Crippen LogP contribution in [0.4, 0.5) is 0 Å². The van der Waals surface area contributed by atoms with Gasteiger partial charge in [-0.25, -0.2) is 4.98 Å². The lowest BCUT2D eigenvalue weighted by Crippen LogP contribution is -1.97. The molecule has 4 nitrogen and oxygen atoms in total. The van der Waals surface area contributed by atoms with Gasteiger partial charge in [0.1, 0.15) is 11.5 Å². The Balaban J connectivity index is 2.08. The van der Waals surface area contributed by atoms with E-state index in [0.717, 1.165) is 17.1 Å². The Bertz CT molecular complexity index is 420. The zero-order valence-corrected chi connectivity index (χ0v) is 9.59. The van der Waals surface area contributed by atoms with Gasteiger partial charge in [-0.3, -0.25) is 0 Å². The van der Waals surface area contributed by atoms with Gasteiger partial charge < -0.3 is 15.2 Å². The second-order valence-electron chi connectivity index (χ2n) is 3.49. The minimum absolute atomic E-state index is 0.482. The second kappa shape index (κ2) is 5.32. The molecule has 0 unspecified atom stereocenters. The predicted octanol–water partition coefficient (Wildman–Crippen LogP) is 2.34. The van der Waals surface area contributed by atoms with E-state index in [0.29, 0.717) is 12.4 Å². The molecule has 2 N–H and O–H groups in total. The first kappa shape index (κ1) is 11.4. The zero-order chi connectivity index (χ0) is 12.1. The van der Waals surface area contributed by atoms with Crippen LogP contribution in [0.2, 0.25) is 0 Å². The summed E-state index contributed by atoms with van der Waals surface area (Å²) in [4.78, 5) is 4.15. The first-order valence-electron chi connectivity index (χ1n) is 5.28. The summed E-state index contributed by atoms with van der Waals surface area (Å²) in [6, 6.07) is 11.0. The molecule has 1 aromatic heterocycles. The fourth-order valence-electron chi connectivity index (χ4n) is 1.36. The van der Waals surface area contributed by atoms with Crippen LogP contribution >= 0.6 is 0 Å². The van der Waals surface area contributed by atoms with Crippen LogP contribution in [0.1, 0.15) is 5.56 Å². The lowest BCUT2D eigenvalue weighted by Gasteiger charge is -2.06. The molecule has 1 heterocycles. The third-order valence-corrected chi connectivity index (χ3v) is 2.32. The van der Waals surface area contributed by atoms with Crippen LogP contribution in [-0.4, -0.2) is 12.1 Å². The molecule has 88 valence electrons. The molecule has 0 fully saturated rings. The van der Waals surface area contributed by atoms with E-state index < -0.39 is 0 Å². The number of nitrogens with zero attached hydrogens (tertiary/aromatic N) is 1. The quantitative estimate of drug-likeness (QED) is 0.875. The molecule has 17 heavy (non-hydrogen) atoms. The topological polar surface area (TPSA) is 57.4 Å². The van der Waals surface area contributed by atoms with Gasteiger partial charge in [-0.05, 0) is 29.8 Å². The van der Waals surface area contributed by atoms with Crippen LogP contribution in [0.3, 0.4) is 0 Å². The number of rotatable bonds is 4. The summed E-state index contributed by atoms with van der Waals surface area (Å²) in [5.41, 5.74) is 6.47. The van der Waals surface area contributed by atoms with Gasteiger partial charge in [-0.2, -0.15) is 0 Å². The number of hydrogen-bond donors (Lipinski definition) is 1. The van der Waals surface area contributed by atoms with Gasteiger partial charge in [0.05, 0.1) is 7.11 Å². The molecule has 0 saturated carbocycles. The minimum Gasteiger partial charge on any atom is -0.497 e. The second-order valence-corrected chi connectivity index (χ2v) is 3.49. The Kier molecular flexibility index (Phi) is 3.57. The number of ether oxygens (including phenoxy) is 2. The number of aromatic nitrogens is 1. The van der Waals surface area contributed by atoms with E-state index in [1.807, 2.05) is 30.3 Å². The molecule has 0 aliphatic carbocycles. The van der Waals surface area contributed by atoms with Gasteiger partial charge in [0.2, 0.25) is 5.88 Å². The number of benzene rings is 1. The number of methoxy groups -OCH3 is 1. The highest BCUT2D eigenvalue weighted by molar-refractivity contribution is 5.33. The lowest BCUT2D eigenvalue weighted by atomic mass is 10.3. The van der Waals surface area contributed by atoms with Crippen molar-refractivity contribution in [3.8, 4) is 17.4 Å². The highest BCUT2D eigenvalue weighted by atomic mass is 16.5. The van der Waals surface area contributed by atoms with E-state index in [4.69, 9.17) is 15.2 Å². The van der Waals surface area contributed by atoms with E-state index in [1.54, 1.807) is 19.4 Å². The summed E-state index contributed by atoms with van der Waals surface area (Å²) in [5.74, 6) is 2.06. The molecule has 0 atom stereocenters. The Hall–Kier alpha value is -2.07. The maximum atomic E-state index is 5.57. The highest BCUT2D eigenvalue weighted by Gasteiger charge is 1.99. The molecule has 1 aromatic carbocycles. The summed E-state index contributed by atoms with van der Waals surface area (Å²) in [6.07, 6.45) is 1.71. The maximum absolute atomic E-state index is 5.57. The summed E-state index contributed by atoms with van der Waals surface area (Å²) in [7, 11) is 1.63. The molecule has 0 saturated heterocycles. The van der Waals surface area contributed by atoms with E-state index in [-0.39, 0.29) is 0 Å². The molecular weight excluding hydrogens is 216 g/mol. The van der Waals surface area contributed by atoms with Crippen LogP contribution in [-0.2, 0) is 6.54 Å². The third-order valence-electron chi connectivity index (χ3n) is 2.32. The SMILES string of the molecule is COc1ccc(Oc2ccc(CN)cn2)cc1. The summed E-state index contributed by atoms with van der Waals surface area (Å²) >= 11 is 0. The van der Waals surface area contributed by atoms with Crippen molar-refractivity contribution in [1.29, 1.82) is 0 Å². The summed E-state index contributed by atoms with van der Waals surface area (Å²) < 4.78 is 10.6. The molecule has 2 aromatic rings. The number of hydrogen-bond acceptors (Lipinski definition) is 4. The zero-order valence-electron chi connectivity index (χ0n) is 9.59. The molecule has 0 amide bonds. The van der Waals surface area contributed by atoms with Crippen molar-refractivity contribution >= 4 is 0 Å². The molecular formula is C13H14N2O2. The number of pyridine rings is 1. The normalized spacial score (nSPS) is 10.0. The van der Waals surface area contributed by atoms with Crippen LogP contribution in [0.15, 0.2) is 42.6 Å². The fourth-order valence-corrected chi connectivity index (χ4v) is 1.36. The first-order chi connectivity index (χ1) is 8.31. The third kappa shape index (κ3) is 2.95. The van der Waals surface area contributed by atoms with E-state index in [1.165, 1.54) is 0 Å². The van der Waals surface area contributed by atoms with E-state index in [9.17, 15) is 0 Å². The maximum Gasteiger partial charge on any atom is 0.219 e. The van der Waals surface area contributed by atoms with Crippen LogP contribution in [0.5, 0.6) is 17.4 Å². The van der Waals surface area contributed by atoms with Crippen LogP contribution < -0.4 is 15.2 Å². The molecule has 0 aliphatic heterocycles. The van der Waals surface area contributed by atoms with Crippen molar-refractivity contribution in [2.75, 3.05) is 7.11 Å². The fraction of sp³-hybridized carbons (Fsp3) is 0.154. The Morgan fingerprint density at radius 3 is 2.29 bits per heavy atom. The van der Waals surface area contributed by atoms with Gasteiger partial charge in [0, 0.05) is 18.8 Å². The van der Waals surface area contributed by atoms with Crippen molar-refractivity contribution in [1.82, 2.24) is 4.98 Å². The van der Waals surface area contributed by atoms with Gasteiger partial charge in [-0.1, -0.05) is 6.07 Å². The predicted molar refractivity (Wildman–Crippen MR) is 65.2 cm³/mol. The first-order valence-corrected chi connectivity index (χ1v) is 5.28. The van der Waals surface area contributed by atoms with Gasteiger partial charge in [0.15, 0.2) is 0 Å². The Labute approximate surface area is 100 Å². The lowest BCUT2D eigenvalue weighted by molar-refractivity contribution is 0.412.